The van der Waals surface area contributed by atoms with E-state index in [2.05, 4.69) is 46.0 Å². The van der Waals surface area contributed by atoms with Crippen molar-refractivity contribution in [3.63, 3.8) is 0 Å². The number of nitrogens with two attached hydrogens (primary N) is 1. The maximum absolute atomic E-state index is 6.07. The number of rotatable bonds is 3. The summed E-state index contributed by atoms with van der Waals surface area (Å²) < 4.78 is 6.54. The molecular weight excluding hydrogens is 328 g/mol. The number of benzene rings is 2. The van der Waals surface area contributed by atoms with E-state index in [-0.39, 0.29) is 0 Å². The molecule has 4 heteroatoms. The molecule has 0 atom stereocenters. The number of fused-ring (bicyclic) bond motifs is 1. The number of halogens is 1. The van der Waals surface area contributed by atoms with E-state index in [9.17, 15) is 0 Å². The van der Waals surface area contributed by atoms with Crippen molar-refractivity contribution in [1.29, 1.82) is 0 Å². The summed E-state index contributed by atoms with van der Waals surface area (Å²) in [5.41, 5.74) is 11.9. The minimum absolute atomic E-state index is 0.831. The molecule has 3 nitrogen and oxygen atoms in total. The largest absolute Gasteiger partial charge is 0.496 e. The third-order valence-electron chi connectivity index (χ3n) is 4.06. The summed E-state index contributed by atoms with van der Waals surface area (Å²) in [6, 6.07) is 10.4. The predicted molar refractivity (Wildman–Crippen MR) is 91.0 cm³/mol. The molecule has 1 heterocycles. The van der Waals surface area contributed by atoms with E-state index < -0.39 is 0 Å². The van der Waals surface area contributed by atoms with Crippen molar-refractivity contribution >= 4 is 27.3 Å². The number of nitrogen functional groups attached to an aromatic ring is 1. The molecule has 110 valence electrons. The number of hydrogen-bond donors (Lipinski definition) is 1. The van der Waals surface area contributed by atoms with Gasteiger partial charge in [-0.1, -0.05) is 22.0 Å². The van der Waals surface area contributed by atoms with Crippen molar-refractivity contribution in [1.82, 2.24) is 0 Å². The summed E-state index contributed by atoms with van der Waals surface area (Å²) in [6.45, 7) is 3.92. The second-order valence-corrected chi connectivity index (χ2v) is 6.38. The highest BCUT2D eigenvalue weighted by Gasteiger charge is 2.21. The van der Waals surface area contributed by atoms with Gasteiger partial charge in [-0.2, -0.15) is 0 Å². The van der Waals surface area contributed by atoms with Crippen LogP contribution in [0.25, 0.3) is 0 Å². The van der Waals surface area contributed by atoms with Crippen molar-refractivity contribution in [2.45, 2.75) is 19.9 Å². The lowest BCUT2D eigenvalue weighted by Gasteiger charge is -2.21. The summed E-state index contributed by atoms with van der Waals surface area (Å²) in [4.78, 5) is 2.37. The first kappa shape index (κ1) is 14.3. The highest BCUT2D eigenvalue weighted by atomic mass is 79.9. The summed E-state index contributed by atoms with van der Waals surface area (Å²) in [5, 5.41) is 0. The van der Waals surface area contributed by atoms with Crippen LogP contribution in [0, 0.1) is 6.92 Å². The van der Waals surface area contributed by atoms with E-state index in [1.807, 2.05) is 12.1 Å². The van der Waals surface area contributed by atoms with Crippen molar-refractivity contribution in [2.75, 3.05) is 24.3 Å². The third-order valence-corrected chi connectivity index (χ3v) is 4.56. The third kappa shape index (κ3) is 2.72. The van der Waals surface area contributed by atoms with Crippen molar-refractivity contribution in [2.24, 2.45) is 0 Å². The lowest BCUT2D eigenvalue weighted by Crippen LogP contribution is -2.20. The quantitative estimate of drug-likeness (QED) is 0.856. The molecule has 0 aromatic heterocycles. The van der Waals surface area contributed by atoms with Gasteiger partial charge in [0, 0.05) is 34.5 Å². The summed E-state index contributed by atoms with van der Waals surface area (Å²) >= 11 is 3.53. The Morgan fingerprint density at radius 3 is 2.86 bits per heavy atom. The van der Waals surface area contributed by atoms with Crippen LogP contribution in [0.2, 0.25) is 0 Å². The molecule has 2 aromatic carbocycles. The Morgan fingerprint density at radius 2 is 2.10 bits per heavy atom. The van der Waals surface area contributed by atoms with Crippen LogP contribution in [0.5, 0.6) is 5.75 Å². The number of hydrogen-bond acceptors (Lipinski definition) is 3. The molecule has 0 unspecified atom stereocenters. The minimum atomic E-state index is 0.831. The number of methoxy groups -OCH3 is 1. The monoisotopic (exact) mass is 346 g/mol. The van der Waals surface area contributed by atoms with Crippen LogP contribution in [0.1, 0.15) is 16.7 Å². The second kappa shape index (κ2) is 5.60. The Kier molecular flexibility index (Phi) is 3.81. The Hall–Kier alpha value is -1.68. The van der Waals surface area contributed by atoms with E-state index in [0.717, 1.165) is 41.0 Å². The number of aryl methyl sites for hydroxylation is 1. The molecule has 0 radical (unpaired) electrons. The molecular formula is C17H19BrN2O. The van der Waals surface area contributed by atoms with Gasteiger partial charge in [0.15, 0.2) is 0 Å². The van der Waals surface area contributed by atoms with Crippen LogP contribution in [0.4, 0.5) is 11.4 Å². The van der Waals surface area contributed by atoms with Crippen LogP contribution < -0.4 is 15.4 Å². The van der Waals surface area contributed by atoms with E-state index in [1.165, 1.54) is 16.8 Å². The summed E-state index contributed by atoms with van der Waals surface area (Å²) in [5.74, 6) is 0.923. The first-order valence-corrected chi connectivity index (χ1v) is 7.84. The van der Waals surface area contributed by atoms with Gasteiger partial charge in [-0.25, -0.2) is 0 Å². The maximum Gasteiger partial charge on any atom is 0.123 e. The van der Waals surface area contributed by atoms with E-state index in [1.54, 1.807) is 7.11 Å². The molecule has 2 aromatic rings. The van der Waals surface area contributed by atoms with Gasteiger partial charge in [0.25, 0.3) is 0 Å². The fourth-order valence-electron chi connectivity index (χ4n) is 2.88. The van der Waals surface area contributed by atoms with Crippen LogP contribution in [-0.4, -0.2) is 13.7 Å². The predicted octanol–water partition coefficient (Wildman–Crippen LogP) is 3.91. The lowest BCUT2D eigenvalue weighted by molar-refractivity contribution is 0.409. The minimum Gasteiger partial charge on any atom is -0.496 e. The van der Waals surface area contributed by atoms with Crippen LogP contribution in [0.3, 0.4) is 0 Å². The molecule has 1 aliphatic rings. The van der Waals surface area contributed by atoms with Crippen LogP contribution in [-0.2, 0) is 13.0 Å². The van der Waals surface area contributed by atoms with Gasteiger partial charge in [-0.05, 0) is 48.7 Å². The zero-order valence-electron chi connectivity index (χ0n) is 12.3. The van der Waals surface area contributed by atoms with E-state index >= 15 is 0 Å². The van der Waals surface area contributed by atoms with Crippen molar-refractivity contribution in [3.05, 3.63) is 51.5 Å². The van der Waals surface area contributed by atoms with Gasteiger partial charge in [0.05, 0.1) is 7.11 Å². The highest BCUT2D eigenvalue weighted by molar-refractivity contribution is 9.10. The van der Waals surface area contributed by atoms with Gasteiger partial charge in [-0.15, -0.1) is 0 Å². The Morgan fingerprint density at radius 1 is 1.29 bits per heavy atom. The molecule has 1 aliphatic heterocycles. The number of nitrogens with zero attached hydrogens (tertiary/aromatic N) is 1. The fourth-order valence-corrected chi connectivity index (χ4v) is 3.29. The number of ether oxygens (including phenoxy) is 1. The highest BCUT2D eigenvalue weighted by Crippen LogP contribution is 2.34. The molecule has 0 saturated heterocycles. The Bertz CT molecular complexity index is 685. The Labute approximate surface area is 133 Å². The van der Waals surface area contributed by atoms with Crippen LogP contribution >= 0.6 is 15.9 Å². The molecule has 21 heavy (non-hydrogen) atoms. The van der Waals surface area contributed by atoms with Gasteiger partial charge >= 0.3 is 0 Å². The topological polar surface area (TPSA) is 38.5 Å². The SMILES string of the molecule is COc1ccc(Br)cc1CN1CCc2cc(C)c(N)cc21. The maximum atomic E-state index is 6.07. The zero-order chi connectivity index (χ0) is 15.0. The smallest absolute Gasteiger partial charge is 0.123 e. The number of anilines is 2. The van der Waals surface area contributed by atoms with E-state index in [4.69, 9.17) is 10.5 Å². The molecule has 0 amide bonds. The lowest BCUT2D eigenvalue weighted by atomic mass is 10.1. The zero-order valence-corrected chi connectivity index (χ0v) is 13.9. The molecule has 3 rings (SSSR count). The van der Waals surface area contributed by atoms with E-state index in [0.29, 0.717) is 0 Å². The van der Waals surface area contributed by atoms with Crippen molar-refractivity contribution in [3.8, 4) is 5.75 Å². The Balaban J connectivity index is 1.92. The van der Waals surface area contributed by atoms with Gasteiger partial charge in [-0.3, -0.25) is 0 Å². The molecule has 0 spiro atoms. The first-order valence-electron chi connectivity index (χ1n) is 7.05. The second-order valence-electron chi connectivity index (χ2n) is 5.47. The standard InChI is InChI=1S/C17H19BrN2O/c1-11-7-12-5-6-20(16(12)9-15(11)19)10-13-8-14(18)3-4-17(13)21-2/h3-4,7-9H,5-6,10,19H2,1-2H3. The summed E-state index contributed by atoms with van der Waals surface area (Å²) in [6.07, 6.45) is 1.08. The molecule has 0 aliphatic carbocycles. The summed E-state index contributed by atoms with van der Waals surface area (Å²) in [7, 11) is 1.71. The molecule has 0 fully saturated rings. The van der Waals surface area contributed by atoms with Gasteiger partial charge in [0.2, 0.25) is 0 Å². The van der Waals surface area contributed by atoms with Crippen LogP contribution in [0.15, 0.2) is 34.8 Å². The van der Waals surface area contributed by atoms with Gasteiger partial charge in [0.1, 0.15) is 5.75 Å². The fraction of sp³-hybridized carbons (Fsp3) is 0.294. The molecule has 0 bridgehead atoms. The first-order chi connectivity index (χ1) is 10.1. The average molecular weight is 347 g/mol. The van der Waals surface area contributed by atoms with Gasteiger partial charge < -0.3 is 15.4 Å². The molecule has 2 N–H and O–H groups in total. The normalized spacial score (nSPS) is 13.4. The average Bonchev–Trinajstić information content (AvgIpc) is 2.82. The molecule has 0 saturated carbocycles. The van der Waals surface area contributed by atoms with Crippen molar-refractivity contribution < 1.29 is 4.74 Å².